The fourth-order valence-corrected chi connectivity index (χ4v) is 4.32. The molecule has 5 heteroatoms. The van der Waals surface area contributed by atoms with Gasteiger partial charge in [0.2, 0.25) is 0 Å². The number of hydrogen-bond acceptors (Lipinski definition) is 4. The number of nitrogens with zero attached hydrogens (tertiary/aromatic N) is 1. The minimum atomic E-state index is -2.89. The van der Waals surface area contributed by atoms with Gasteiger partial charge in [-0.3, -0.25) is 4.90 Å². The largest absolute Gasteiger partial charge is 0.460 e. The van der Waals surface area contributed by atoms with Crippen LogP contribution in [0.1, 0.15) is 18.6 Å². The van der Waals surface area contributed by atoms with Crippen molar-refractivity contribution >= 4 is 20.8 Å². The summed E-state index contributed by atoms with van der Waals surface area (Å²) in [7, 11) is -2.89. The Bertz CT molecular complexity index is 687. The Kier molecular flexibility index (Phi) is 4.04. The SMILES string of the molecule is CS(=O)(=O)C[C@@H]1CCCN(Cc2cc3ccccc3o2)C1. The van der Waals surface area contributed by atoms with Crippen LogP contribution in [0.3, 0.4) is 0 Å². The van der Waals surface area contributed by atoms with E-state index < -0.39 is 9.84 Å². The number of benzene rings is 1. The number of furan rings is 1. The predicted molar refractivity (Wildman–Crippen MR) is 83.9 cm³/mol. The Hall–Kier alpha value is -1.33. The highest BCUT2D eigenvalue weighted by Gasteiger charge is 2.23. The van der Waals surface area contributed by atoms with Crippen LogP contribution >= 0.6 is 0 Å². The standard InChI is InChI=1S/C16H21NO3S/c1-21(18,19)12-13-5-4-8-17(10-13)11-15-9-14-6-2-3-7-16(14)20-15/h2-3,6-7,9,13H,4-5,8,10-12H2,1H3/t13-/m1/s1. The molecule has 0 unspecified atom stereocenters. The monoisotopic (exact) mass is 307 g/mol. The first-order valence-corrected chi connectivity index (χ1v) is 9.43. The van der Waals surface area contributed by atoms with E-state index in [0.717, 1.165) is 49.2 Å². The summed E-state index contributed by atoms with van der Waals surface area (Å²) < 4.78 is 28.7. The Labute approximate surface area is 125 Å². The first-order chi connectivity index (χ1) is 9.99. The molecule has 3 rings (SSSR count). The molecule has 0 radical (unpaired) electrons. The molecule has 1 aliphatic heterocycles. The van der Waals surface area contributed by atoms with Crippen molar-refractivity contribution in [3.05, 3.63) is 36.1 Å². The molecule has 1 fully saturated rings. The van der Waals surface area contributed by atoms with Crippen LogP contribution in [-0.4, -0.2) is 38.4 Å². The lowest BCUT2D eigenvalue weighted by Crippen LogP contribution is -2.37. The van der Waals surface area contributed by atoms with Gasteiger partial charge in [-0.2, -0.15) is 0 Å². The molecule has 1 saturated heterocycles. The number of fused-ring (bicyclic) bond motifs is 1. The second-order valence-corrected chi connectivity index (χ2v) is 8.27. The Morgan fingerprint density at radius 1 is 1.33 bits per heavy atom. The van der Waals surface area contributed by atoms with Crippen molar-refractivity contribution in [3.63, 3.8) is 0 Å². The molecule has 0 aliphatic carbocycles. The molecule has 21 heavy (non-hydrogen) atoms. The third-order valence-electron chi connectivity index (χ3n) is 4.00. The number of likely N-dealkylation sites (tertiary alicyclic amines) is 1. The maximum atomic E-state index is 11.4. The van der Waals surface area contributed by atoms with Gasteiger partial charge in [-0.25, -0.2) is 8.42 Å². The van der Waals surface area contributed by atoms with Crippen LogP contribution in [0.15, 0.2) is 34.7 Å². The number of hydrogen-bond donors (Lipinski definition) is 0. The quantitative estimate of drug-likeness (QED) is 0.871. The average molecular weight is 307 g/mol. The highest BCUT2D eigenvalue weighted by molar-refractivity contribution is 7.90. The topological polar surface area (TPSA) is 50.5 Å². The summed E-state index contributed by atoms with van der Waals surface area (Å²) in [6.07, 6.45) is 3.38. The van der Waals surface area contributed by atoms with Gasteiger partial charge in [-0.1, -0.05) is 18.2 Å². The molecule has 2 aromatic rings. The van der Waals surface area contributed by atoms with Crippen LogP contribution in [-0.2, 0) is 16.4 Å². The summed E-state index contributed by atoms with van der Waals surface area (Å²) in [5.41, 5.74) is 0.914. The van der Waals surface area contributed by atoms with Crippen LogP contribution in [0.5, 0.6) is 0 Å². The Balaban J connectivity index is 1.66. The predicted octanol–water partition coefficient (Wildman–Crippen LogP) is 2.69. The molecule has 1 atom stereocenters. The number of para-hydroxylation sites is 1. The van der Waals surface area contributed by atoms with Gasteiger partial charge in [0.05, 0.1) is 12.3 Å². The molecule has 0 bridgehead atoms. The minimum Gasteiger partial charge on any atom is -0.460 e. The third kappa shape index (κ3) is 3.86. The van der Waals surface area contributed by atoms with Gasteiger partial charge in [0, 0.05) is 18.2 Å². The average Bonchev–Trinajstić information content (AvgIpc) is 2.79. The van der Waals surface area contributed by atoms with E-state index in [-0.39, 0.29) is 5.92 Å². The van der Waals surface area contributed by atoms with Crippen molar-refractivity contribution in [2.45, 2.75) is 19.4 Å². The lowest BCUT2D eigenvalue weighted by molar-refractivity contribution is 0.167. The lowest BCUT2D eigenvalue weighted by atomic mass is 10.00. The van der Waals surface area contributed by atoms with Crippen LogP contribution in [0, 0.1) is 5.92 Å². The number of rotatable bonds is 4. The summed E-state index contributed by atoms with van der Waals surface area (Å²) >= 11 is 0. The van der Waals surface area contributed by atoms with Gasteiger partial charge in [-0.15, -0.1) is 0 Å². The number of piperidine rings is 1. The molecular weight excluding hydrogens is 286 g/mol. The third-order valence-corrected chi connectivity index (χ3v) is 5.07. The second-order valence-electron chi connectivity index (χ2n) is 6.09. The summed E-state index contributed by atoms with van der Waals surface area (Å²) in [4.78, 5) is 2.30. The van der Waals surface area contributed by atoms with E-state index in [2.05, 4.69) is 11.0 Å². The molecule has 2 heterocycles. The molecule has 1 aromatic carbocycles. The van der Waals surface area contributed by atoms with Gasteiger partial charge in [0.25, 0.3) is 0 Å². The van der Waals surface area contributed by atoms with Gasteiger partial charge < -0.3 is 4.42 Å². The summed E-state index contributed by atoms with van der Waals surface area (Å²) in [6.45, 7) is 2.61. The van der Waals surface area contributed by atoms with Crippen LogP contribution in [0.2, 0.25) is 0 Å². The molecule has 0 saturated carbocycles. The van der Waals surface area contributed by atoms with Crippen molar-refractivity contribution in [1.82, 2.24) is 4.90 Å². The molecule has 0 spiro atoms. The molecule has 0 N–H and O–H groups in total. The zero-order chi connectivity index (χ0) is 14.9. The van der Waals surface area contributed by atoms with E-state index in [1.807, 2.05) is 24.3 Å². The van der Waals surface area contributed by atoms with Gasteiger partial charge >= 0.3 is 0 Å². The first-order valence-electron chi connectivity index (χ1n) is 7.37. The normalized spacial score (nSPS) is 20.9. The molecule has 1 aliphatic rings. The van der Waals surface area contributed by atoms with E-state index in [9.17, 15) is 8.42 Å². The van der Waals surface area contributed by atoms with E-state index in [4.69, 9.17) is 4.42 Å². The van der Waals surface area contributed by atoms with E-state index in [1.54, 1.807) is 0 Å². The van der Waals surface area contributed by atoms with Crippen molar-refractivity contribution in [3.8, 4) is 0 Å². The van der Waals surface area contributed by atoms with Crippen LogP contribution in [0.4, 0.5) is 0 Å². The Morgan fingerprint density at radius 3 is 2.90 bits per heavy atom. The maximum absolute atomic E-state index is 11.4. The van der Waals surface area contributed by atoms with E-state index >= 15 is 0 Å². The van der Waals surface area contributed by atoms with Crippen LogP contribution in [0.25, 0.3) is 11.0 Å². The van der Waals surface area contributed by atoms with Gasteiger partial charge in [0.1, 0.15) is 21.2 Å². The molecular formula is C16H21NO3S. The first kappa shape index (κ1) is 14.6. The number of sulfone groups is 1. The van der Waals surface area contributed by atoms with Crippen molar-refractivity contribution in [1.29, 1.82) is 0 Å². The van der Waals surface area contributed by atoms with E-state index in [1.165, 1.54) is 6.26 Å². The zero-order valence-corrected chi connectivity index (χ0v) is 13.1. The maximum Gasteiger partial charge on any atom is 0.147 e. The summed E-state index contributed by atoms with van der Waals surface area (Å²) in [5.74, 6) is 1.50. The molecule has 114 valence electrons. The van der Waals surface area contributed by atoms with Gasteiger partial charge in [-0.05, 0) is 37.4 Å². The summed E-state index contributed by atoms with van der Waals surface area (Å²) in [5, 5.41) is 1.12. The fourth-order valence-electron chi connectivity index (χ4n) is 3.19. The summed E-state index contributed by atoms with van der Waals surface area (Å²) in [6, 6.07) is 10.1. The lowest BCUT2D eigenvalue weighted by Gasteiger charge is -2.31. The van der Waals surface area contributed by atoms with Crippen LogP contribution < -0.4 is 0 Å². The van der Waals surface area contributed by atoms with Crippen molar-refractivity contribution in [2.75, 3.05) is 25.1 Å². The highest BCUT2D eigenvalue weighted by Crippen LogP contribution is 2.23. The zero-order valence-electron chi connectivity index (χ0n) is 12.3. The molecule has 0 amide bonds. The fraction of sp³-hybridized carbons (Fsp3) is 0.500. The smallest absolute Gasteiger partial charge is 0.147 e. The van der Waals surface area contributed by atoms with Crippen molar-refractivity contribution < 1.29 is 12.8 Å². The highest BCUT2D eigenvalue weighted by atomic mass is 32.2. The second kappa shape index (κ2) is 5.81. The van der Waals surface area contributed by atoms with E-state index in [0.29, 0.717) is 5.75 Å². The minimum absolute atomic E-state index is 0.248. The van der Waals surface area contributed by atoms with Crippen molar-refractivity contribution in [2.24, 2.45) is 5.92 Å². The molecule has 1 aromatic heterocycles. The van der Waals surface area contributed by atoms with Gasteiger partial charge in [0.15, 0.2) is 0 Å². The Morgan fingerprint density at radius 2 is 2.14 bits per heavy atom. The molecule has 4 nitrogen and oxygen atoms in total.